The molecule has 1 aliphatic rings. The molecule has 0 atom stereocenters. The van der Waals surface area contributed by atoms with Crippen LogP contribution in [0.15, 0.2) is 32.6 Å². The molecule has 152 valence electrons. The van der Waals surface area contributed by atoms with Gasteiger partial charge in [0.2, 0.25) is 17.7 Å². The summed E-state index contributed by atoms with van der Waals surface area (Å²) in [6, 6.07) is 3.47. The highest BCUT2D eigenvalue weighted by Gasteiger charge is 2.25. The SMILES string of the molecule is CCCN(Cc1nnc(-c2ccco2)o1)C(=O)Cc1csc(N2CCCC2=O)n1. The third kappa shape index (κ3) is 4.37. The van der Waals surface area contributed by atoms with E-state index in [0.29, 0.717) is 42.0 Å². The van der Waals surface area contributed by atoms with E-state index in [1.165, 1.54) is 17.6 Å². The predicted molar refractivity (Wildman–Crippen MR) is 105 cm³/mol. The predicted octanol–water partition coefficient (Wildman–Crippen LogP) is 2.89. The summed E-state index contributed by atoms with van der Waals surface area (Å²) in [5, 5.41) is 10.5. The molecule has 0 unspecified atom stereocenters. The van der Waals surface area contributed by atoms with Crippen molar-refractivity contribution in [1.82, 2.24) is 20.1 Å². The molecule has 1 aliphatic heterocycles. The lowest BCUT2D eigenvalue weighted by Gasteiger charge is -2.19. The van der Waals surface area contributed by atoms with Gasteiger partial charge in [-0.05, 0) is 25.0 Å². The van der Waals surface area contributed by atoms with E-state index < -0.39 is 0 Å². The van der Waals surface area contributed by atoms with Crippen molar-refractivity contribution in [3.63, 3.8) is 0 Å². The number of furan rings is 1. The van der Waals surface area contributed by atoms with Gasteiger partial charge in [-0.2, -0.15) is 0 Å². The first-order chi connectivity index (χ1) is 14.1. The Morgan fingerprint density at radius 1 is 1.38 bits per heavy atom. The van der Waals surface area contributed by atoms with Crippen molar-refractivity contribution in [1.29, 1.82) is 0 Å². The zero-order chi connectivity index (χ0) is 20.2. The standard InChI is InChI=1S/C19H21N5O4S/c1-2-7-23(11-15-21-22-18(28-15)14-5-4-9-27-14)17(26)10-13-12-29-19(20-13)24-8-3-6-16(24)25/h4-5,9,12H,2-3,6-8,10-11H2,1H3. The van der Waals surface area contributed by atoms with Crippen molar-refractivity contribution < 1.29 is 18.4 Å². The zero-order valence-corrected chi connectivity index (χ0v) is 16.9. The fraction of sp³-hybridized carbons (Fsp3) is 0.421. The Morgan fingerprint density at radius 3 is 3.00 bits per heavy atom. The monoisotopic (exact) mass is 415 g/mol. The van der Waals surface area contributed by atoms with Gasteiger partial charge in [-0.15, -0.1) is 21.5 Å². The molecule has 10 heteroatoms. The number of thiazole rings is 1. The zero-order valence-electron chi connectivity index (χ0n) is 16.0. The quantitative estimate of drug-likeness (QED) is 0.557. The van der Waals surface area contributed by atoms with Crippen LogP contribution < -0.4 is 4.90 Å². The summed E-state index contributed by atoms with van der Waals surface area (Å²) in [7, 11) is 0. The maximum Gasteiger partial charge on any atom is 0.283 e. The first kappa shape index (κ1) is 19.3. The highest BCUT2D eigenvalue weighted by molar-refractivity contribution is 7.14. The average Bonchev–Trinajstić information content (AvgIpc) is 3.49. The van der Waals surface area contributed by atoms with Crippen LogP contribution in [0.2, 0.25) is 0 Å². The summed E-state index contributed by atoms with van der Waals surface area (Å²) >= 11 is 1.40. The molecule has 0 aliphatic carbocycles. The van der Waals surface area contributed by atoms with E-state index in [2.05, 4.69) is 15.2 Å². The van der Waals surface area contributed by atoms with Gasteiger partial charge in [0.1, 0.15) is 0 Å². The summed E-state index contributed by atoms with van der Waals surface area (Å²) in [4.78, 5) is 32.6. The second-order valence-corrected chi connectivity index (χ2v) is 7.58. The molecule has 0 spiro atoms. The highest BCUT2D eigenvalue weighted by Crippen LogP contribution is 2.26. The molecule has 2 amide bonds. The van der Waals surface area contributed by atoms with Crippen molar-refractivity contribution in [2.24, 2.45) is 0 Å². The fourth-order valence-corrected chi connectivity index (χ4v) is 4.03. The first-order valence-corrected chi connectivity index (χ1v) is 10.4. The van der Waals surface area contributed by atoms with Crippen LogP contribution in [0.25, 0.3) is 11.7 Å². The Bertz CT molecular complexity index is 981. The van der Waals surface area contributed by atoms with Crippen LogP contribution in [0.4, 0.5) is 5.13 Å². The molecule has 0 aromatic carbocycles. The number of aromatic nitrogens is 3. The number of carbonyl (C=O) groups is 2. The number of hydrogen-bond acceptors (Lipinski definition) is 8. The van der Waals surface area contributed by atoms with Crippen molar-refractivity contribution in [3.05, 3.63) is 35.4 Å². The summed E-state index contributed by atoms with van der Waals surface area (Å²) in [6.07, 6.45) is 3.90. The van der Waals surface area contributed by atoms with E-state index >= 15 is 0 Å². The molecule has 1 saturated heterocycles. The van der Waals surface area contributed by atoms with Crippen molar-refractivity contribution >= 4 is 28.3 Å². The number of hydrogen-bond donors (Lipinski definition) is 0. The van der Waals surface area contributed by atoms with Crippen molar-refractivity contribution in [2.45, 2.75) is 39.2 Å². The van der Waals surface area contributed by atoms with Gasteiger partial charge < -0.3 is 13.7 Å². The molecule has 0 N–H and O–H groups in total. The van der Waals surface area contributed by atoms with Crippen molar-refractivity contribution in [3.8, 4) is 11.7 Å². The van der Waals surface area contributed by atoms with Crippen molar-refractivity contribution in [2.75, 3.05) is 18.0 Å². The normalized spacial score (nSPS) is 14.0. The van der Waals surface area contributed by atoms with Gasteiger partial charge in [0.25, 0.3) is 5.89 Å². The van der Waals surface area contributed by atoms with Gasteiger partial charge in [-0.25, -0.2) is 4.98 Å². The van der Waals surface area contributed by atoms with Gasteiger partial charge in [-0.3, -0.25) is 14.5 Å². The Hall–Kier alpha value is -3.01. The smallest absolute Gasteiger partial charge is 0.283 e. The average molecular weight is 415 g/mol. The topological polar surface area (TPSA) is 106 Å². The number of rotatable bonds is 8. The molecule has 3 aromatic heterocycles. The van der Waals surface area contributed by atoms with E-state index in [1.54, 1.807) is 21.9 Å². The minimum atomic E-state index is -0.0748. The first-order valence-electron chi connectivity index (χ1n) is 9.53. The lowest BCUT2D eigenvalue weighted by atomic mass is 10.3. The lowest BCUT2D eigenvalue weighted by Crippen LogP contribution is -2.32. The molecule has 29 heavy (non-hydrogen) atoms. The van der Waals surface area contributed by atoms with Crippen LogP contribution in [0.1, 0.15) is 37.8 Å². The van der Waals surface area contributed by atoms with Gasteiger partial charge in [0.05, 0.1) is 24.9 Å². The minimum Gasteiger partial charge on any atom is -0.459 e. The molecular formula is C19H21N5O4S. The Kier molecular flexibility index (Phi) is 5.70. The third-order valence-electron chi connectivity index (χ3n) is 4.55. The molecule has 0 saturated carbocycles. The van der Waals surface area contributed by atoms with E-state index in [4.69, 9.17) is 8.83 Å². The summed E-state index contributed by atoms with van der Waals surface area (Å²) in [5.41, 5.74) is 0.664. The van der Waals surface area contributed by atoms with Gasteiger partial charge in [0.15, 0.2) is 10.9 Å². The van der Waals surface area contributed by atoms with Gasteiger partial charge in [-0.1, -0.05) is 6.92 Å². The van der Waals surface area contributed by atoms with E-state index in [-0.39, 0.29) is 30.7 Å². The largest absolute Gasteiger partial charge is 0.459 e. The fourth-order valence-electron chi connectivity index (χ4n) is 3.16. The van der Waals surface area contributed by atoms with Crippen LogP contribution in [0.5, 0.6) is 0 Å². The second-order valence-electron chi connectivity index (χ2n) is 6.74. The molecule has 3 aromatic rings. The maximum absolute atomic E-state index is 12.8. The van der Waals surface area contributed by atoms with E-state index in [9.17, 15) is 9.59 Å². The summed E-state index contributed by atoms with van der Waals surface area (Å²) in [5.74, 6) is 1.14. The molecule has 1 fully saturated rings. The van der Waals surface area contributed by atoms with E-state index in [0.717, 1.165) is 12.8 Å². The van der Waals surface area contributed by atoms with Crippen LogP contribution in [-0.2, 0) is 22.6 Å². The van der Waals surface area contributed by atoms with Crippen LogP contribution in [0.3, 0.4) is 0 Å². The highest BCUT2D eigenvalue weighted by atomic mass is 32.1. The van der Waals surface area contributed by atoms with Crippen LogP contribution in [0, 0.1) is 0 Å². The summed E-state index contributed by atoms with van der Waals surface area (Å²) < 4.78 is 10.9. The summed E-state index contributed by atoms with van der Waals surface area (Å²) in [6.45, 7) is 3.49. The Labute approximate surface area is 171 Å². The third-order valence-corrected chi connectivity index (χ3v) is 5.46. The number of carbonyl (C=O) groups excluding carboxylic acids is 2. The number of nitrogens with zero attached hydrogens (tertiary/aromatic N) is 5. The lowest BCUT2D eigenvalue weighted by molar-refractivity contribution is -0.131. The van der Waals surface area contributed by atoms with E-state index in [1.807, 2.05) is 12.3 Å². The van der Waals surface area contributed by atoms with Crippen LogP contribution in [-0.4, -0.2) is 45.0 Å². The molecule has 4 rings (SSSR count). The molecule has 4 heterocycles. The van der Waals surface area contributed by atoms with Gasteiger partial charge >= 0.3 is 0 Å². The van der Waals surface area contributed by atoms with Gasteiger partial charge in [0, 0.05) is 24.9 Å². The Morgan fingerprint density at radius 2 is 2.28 bits per heavy atom. The molecule has 9 nitrogen and oxygen atoms in total. The van der Waals surface area contributed by atoms with Crippen LogP contribution >= 0.6 is 11.3 Å². The molecule has 0 bridgehead atoms. The second kappa shape index (κ2) is 8.56. The molecule has 0 radical (unpaired) electrons. The number of anilines is 1. The Balaban J connectivity index is 1.41. The number of amides is 2. The maximum atomic E-state index is 12.8. The molecular weight excluding hydrogens is 394 g/mol. The minimum absolute atomic E-state index is 0.0748.